The van der Waals surface area contributed by atoms with Crippen molar-refractivity contribution in [2.24, 2.45) is 5.92 Å². The van der Waals surface area contributed by atoms with Gasteiger partial charge in [-0.3, -0.25) is 4.98 Å². The molecule has 0 aromatic carbocycles. The molecule has 0 amide bonds. The number of allylic oxidation sites excluding steroid dienone is 8. The summed E-state index contributed by atoms with van der Waals surface area (Å²) in [4.78, 5) is 4.35. The molecular formula is C51H87NO2. The fourth-order valence-electron chi connectivity index (χ4n) is 7.80. The Balaban J connectivity index is 1.65. The Morgan fingerprint density at radius 1 is 0.630 bits per heavy atom. The molecule has 0 N–H and O–H groups in total. The lowest BCUT2D eigenvalue weighted by Gasteiger charge is -2.29. The third kappa shape index (κ3) is 25.2. The van der Waals surface area contributed by atoms with E-state index in [1.807, 2.05) is 12.4 Å². The van der Waals surface area contributed by atoms with E-state index < -0.39 is 0 Å². The number of unbranched alkanes of at least 4 members (excludes halogenated alkanes) is 18. The van der Waals surface area contributed by atoms with Crippen LogP contribution in [0.5, 0.6) is 0 Å². The maximum absolute atomic E-state index is 6.87. The molecule has 1 aromatic rings. The smallest absolute Gasteiger partial charge is 0.168 e. The van der Waals surface area contributed by atoms with Crippen molar-refractivity contribution < 1.29 is 9.47 Å². The third-order valence-electron chi connectivity index (χ3n) is 11.7. The van der Waals surface area contributed by atoms with Gasteiger partial charge in [0.05, 0.1) is 12.7 Å². The normalized spacial score (nSPS) is 17.2. The zero-order chi connectivity index (χ0) is 38.6. The summed E-state index contributed by atoms with van der Waals surface area (Å²) in [6.07, 6.45) is 59.6. The Morgan fingerprint density at radius 2 is 1.11 bits per heavy atom. The molecule has 0 bridgehead atoms. The van der Waals surface area contributed by atoms with Gasteiger partial charge < -0.3 is 9.47 Å². The largest absolute Gasteiger partial charge is 0.347 e. The van der Waals surface area contributed by atoms with Crippen LogP contribution in [0.1, 0.15) is 225 Å². The first-order valence-electron chi connectivity index (χ1n) is 23.4. The van der Waals surface area contributed by atoms with Crippen LogP contribution in [0.15, 0.2) is 73.1 Å². The molecule has 2 rings (SSSR count). The molecule has 0 aliphatic carbocycles. The van der Waals surface area contributed by atoms with Gasteiger partial charge in [-0.2, -0.15) is 0 Å². The summed E-state index contributed by atoms with van der Waals surface area (Å²) in [5, 5.41) is 0. The number of hydrogen-bond acceptors (Lipinski definition) is 3. The minimum atomic E-state index is -0.343. The van der Waals surface area contributed by atoms with Crippen molar-refractivity contribution in [2.45, 2.75) is 232 Å². The number of rotatable bonds is 36. The lowest BCUT2D eigenvalue weighted by Crippen LogP contribution is -2.31. The van der Waals surface area contributed by atoms with Gasteiger partial charge in [-0.1, -0.05) is 172 Å². The molecule has 54 heavy (non-hydrogen) atoms. The lowest BCUT2D eigenvalue weighted by atomic mass is 9.86. The summed E-state index contributed by atoms with van der Waals surface area (Å²) in [7, 11) is 0. The summed E-state index contributed by atoms with van der Waals surface area (Å²) in [6, 6.07) is 4.28. The van der Waals surface area contributed by atoms with E-state index in [2.05, 4.69) is 93.4 Å². The summed E-state index contributed by atoms with van der Waals surface area (Å²) < 4.78 is 13.5. The second-order valence-corrected chi connectivity index (χ2v) is 16.6. The highest BCUT2D eigenvalue weighted by Crippen LogP contribution is 2.37. The first-order valence-corrected chi connectivity index (χ1v) is 23.4. The molecule has 1 aliphatic heterocycles. The highest BCUT2D eigenvalue weighted by Gasteiger charge is 2.40. The monoisotopic (exact) mass is 746 g/mol. The van der Waals surface area contributed by atoms with Gasteiger partial charge in [-0.05, 0) is 107 Å². The molecule has 0 spiro atoms. The van der Waals surface area contributed by atoms with E-state index in [1.54, 1.807) is 0 Å². The second-order valence-electron chi connectivity index (χ2n) is 16.6. The topological polar surface area (TPSA) is 31.4 Å². The maximum Gasteiger partial charge on any atom is 0.168 e. The van der Waals surface area contributed by atoms with E-state index in [1.165, 1.54) is 160 Å². The van der Waals surface area contributed by atoms with Gasteiger partial charge in [-0.15, -0.1) is 0 Å². The molecule has 3 atom stereocenters. The highest BCUT2D eigenvalue weighted by molar-refractivity contribution is 5.14. The van der Waals surface area contributed by atoms with Crippen LogP contribution in [0.3, 0.4) is 0 Å². The van der Waals surface area contributed by atoms with Crippen LogP contribution in [0.4, 0.5) is 0 Å². The number of hydrogen-bond donors (Lipinski definition) is 0. The predicted molar refractivity (Wildman–Crippen MR) is 237 cm³/mol. The molecule has 1 aliphatic rings. The Bertz CT molecular complexity index is 1030. The van der Waals surface area contributed by atoms with E-state index >= 15 is 0 Å². The van der Waals surface area contributed by atoms with E-state index in [0.717, 1.165) is 38.7 Å². The van der Waals surface area contributed by atoms with Crippen molar-refractivity contribution in [3.63, 3.8) is 0 Å². The van der Waals surface area contributed by atoms with Crippen molar-refractivity contribution in [3.8, 4) is 0 Å². The maximum atomic E-state index is 6.87. The Kier molecular flexibility index (Phi) is 30.6. The Hall–Kier alpha value is -1.97. The minimum Gasteiger partial charge on any atom is -0.347 e. The number of ether oxygens (including phenoxy) is 2. The fourth-order valence-corrected chi connectivity index (χ4v) is 7.80. The molecule has 0 saturated carbocycles. The molecule has 1 saturated heterocycles. The van der Waals surface area contributed by atoms with E-state index in [9.17, 15) is 0 Å². The van der Waals surface area contributed by atoms with Crippen LogP contribution < -0.4 is 0 Å². The van der Waals surface area contributed by atoms with Crippen molar-refractivity contribution in [1.82, 2.24) is 4.98 Å². The summed E-state index contributed by atoms with van der Waals surface area (Å²) in [5.41, 5.74) is 1.35. The zero-order valence-electron chi connectivity index (χ0n) is 36.1. The van der Waals surface area contributed by atoms with E-state index in [0.29, 0.717) is 11.8 Å². The van der Waals surface area contributed by atoms with Gasteiger partial charge in [0.1, 0.15) is 0 Å². The van der Waals surface area contributed by atoms with E-state index in [-0.39, 0.29) is 11.9 Å². The van der Waals surface area contributed by atoms with Crippen molar-refractivity contribution in [1.29, 1.82) is 0 Å². The summed E-state index contributed by atoms with van der Waals surface area (Å²) in [5.74, 6) is 0.827. The molecule has 1 aromatic heterocycles. The zero-order valence-corrected chi connectivity index (χ0v) is 36.1. The van der Waals surface area contributed by atoms with Crippen molar-refractivity contribution >= 4 is 0 Å². The number of aromatic nitrogens is 1. The van der Waals surface area contributed by atoms with Gasteiger partial charge in [-0.25, -0.2) is 0 Å². The fraction of sp³-hybridized carbons (Fsp3) is 0.745. The van der Waals surface area contributed by atoms with Crippen LogP contribution >= 0.6 is 0 Å². The molecule has 1 fully saturated rings. The average Bonchev–Trinajstić information content (AvgIpc) is 3.60. The lowest BCUT2D eigenvalue weighted by molar-refractivity contribution is -0.180. The van der Waals surface area contributed by atoms with Crippen molar-refractivity contribution in [2.75, 3.05) is 6.61 Å². The number of nitrogens with zero attached hydrogens (tertiary/aromatic N) is 1. The third-order valence-corrected chi connectivity index (χ3v) is 11.7. The van der Waals surface area contributed by atoms with Crippen LogP contribution in [0.2, 0.25) is 0 Å². The first kappa shape index (κ1) is 48.2. The summed E-state index contributed by atoms with van der Waals surface area (Å²) in [6.45, 7) is 10.1. The predicted octanol–water partition coefficient (Wildman–Crippen LogP) is 16.5. The first-order chi connectivity index (χ1) is 26.6. The second kappa shape index (κ2) is 34.3. The molecule has 2 heterocycles. The molecular weight excluding hydrogens is 659 g/mol. The van der Waals surface area contributed by atoms with Gasteiger partial charge in [0.25, 0.3) is 0 Å². The highest BCUT2D eigenvalue weighted by atomic mass is 16.7. The molecule has 308 valence electrons. The average molecular weight is 746 g/mol. The van der Waals surface area contributed by atoms with Crippen LogP contribution in [0, 0.1) is 5.92 Å². The minimum absolute atomic E-state index is 0.250. The van der Waals surface area contributed by atoms with Gasteiger partial charge in [0.2, 0.25) is 0 Å². The van der Waals surface area contributed by atoms with E-state index in [4.69, 9.17) is 9.47 Å². The van der Waals surface area contributed by atoms with Crippen LogP contribution in [-0.4, -0.2) is 23.5 Å². The molecule has 3 heteroatoms. The Morgan fingerprint density at radius 3 is 1.59 bits per heavy atom. The SMILES string of the molecule is CCCCC/C=C\C/C=C\CCCCCCCCC1(CCCCCCCC/C=C\C/C=C\CCCCC)OCC(CCCC(C)C(C)c2cccnc2)O1. The standard InChI is InChI=1S/C51H87NO2/c1-5-7-9-11-13-15-17-19-21-23-25-27-29-31-33-35-42-51(43-36-34-32-30-28-26-24-22-20-18-16-14-12-10-8-6-2)53-46-50(54-51)41-37-39-47(3)48(4)49-40-38-44-52-45-49/h13-16,19-22,38,40,44-45,47-48,50H,5-12,17-18,23-37,39,41-43,46H2,1-4H3/b15-13-,16-14-,21-19-,22-20-. The van der Waals surface area contributed by atoms with Crippen LogP contribution in [0.25, 0.3) is 0 Å². The molecule has 3 nitrogen and oxygen atoms in total. The van der Waals surface area contributed by atoms with Gasteiger partial charge in [0.15, 0.2) is 5.79 Å². The summed E-state index contributed by atoms with van der Waals surface area (Å²) >= 11 is 0. The van der Waals surface area contributed by atoms with Gasteiger partial charge >= 0.3 is 0 Å². The van der Waals surface area contributed by atoms with Crippen LogP contribution in [-0.2, 0) is 9.47 Å². The molecule has 0 radical (unpaired) electrons. The Labute approximate surface area is 336 Å². The number of pyridine rings is 1. The van der Waals surface area contributed by atoms with Gasteiger partial charge in [0, 0.05) is 25.2 Å². The quantitative estimate of drug-likeness (QED) is 0.0506. The molecule has 3 unspecified atom stereocenters. The van der Waals surface area contributed by atoms with Crippen molar-refractivity contribution in [3.05, 3.63) is 78.7 Å².